The van der Waals surface area contributed by atoms with Crippen molar-refractivity contribution in [2.75, 3.05) is 0 Å². The smallest absolute Gasteiger partial charge is 0.0693 e. The third-order valence-electron chi connectivity index (χ3n) is 2.52. The van der Waals surface area contributed by atoms with Gasteiger partial charge in [-0.1, -0.05) is 0 Å². The van der Waals surface area contributed by atoms with Crippen LogP contribution in [0.5, 0.6) is 0 Å². The van der Waals surface area contributed by atoms with Crippen molar-refractivity contribution in [2.45, 2.75) is 20.0 Å². The van der Waals surface area contributed by atoms with Gasteiger partial charge in [-0.25, -0.2) is 0 Å². The van der Waals surface area contributed by atoms with Gasteiger partial charge in [0.25, 0.3) is 0 Å². The average molecular weight is 205 g/mol. The molecule has 2 rings (SSSR count). The van der Waals surface area contributed by atoms with Crippen molar-refractivity contribution in [3.05, 3.63) is 35.4 Å². The molecule has 2 aromatic rings. The van der Waals surface area contributed by atoms with Crippen molar-refractivity contribution in [2.24, 2.45) is 12.8 Å². The minimum Gasteiger partial charge on any atom is -0.326 e. The van der Waals surface area contributed by atoms with Gasteiger partial charge in [-0.2, -0.15) is 10.2 Å². The molecular formula is C10H15N5. The Morgan fingerprint density at radius 3 is 2.67 bits per heavy atom. The SMILES string of the molecule is Cc1c(CN)cnn1Cc1cnn(C)c1. The van der Waals surface area contributed by atoms with Crippen LogP contribution in [0, 0.1) is 6.92 Å². The zero-order valence-corrected chi connectivity index (χ0v) is 9.01. The maximum atomic E-state index is 5.59. The number of nitrogens with zero attached hydrogens (tertiary/aromatic N) is 4. The van der Waals surface area contributed by atoms with Gasteiger partial charge < -0.3 is 5.73 Å². The highest BCUT2D eigenvalue weighted by Crippen LogP contribution is 2.08. The monoisotopic (exact) mass is 205 g/mol. The molecule has 2 aromatic heterocycles. The van der Waals surface area contributed by atoms with Crippen LogP contribution >= 0.6 is 0 Å². The van der Waals surface area contributed by atoms with Gasteiger partial charge in [0, 0.05) is 36.6 Å². The molecule has 0 atom stereocenters. The summed E-state index contributed by atoms with van der Waals surface area (Å²) < 4.78 is 3.73. The van der Waals surface area contributed by atoms with E-state index in [0.717, 1.165) is 23.4 Å². The Morgan fingerprint density at radius 1 is 1.33 bits per heavy atom. The first-order valence-corrected chi connectivity index (χ1v) is 4.89. The largest absolute Gasteiger partial charge is 0.326 e. The first-order chi connectivity index (χ1) is 7.20. The van der Waals surface area contributed by atoms with Gasteiger partial charge in [0.1, 0.15) is 0 Å². The molecule has 0 saturated carbocycles. The lowest BCUT2D eigenvalue weighted by molar-refractivity contribution is 0.662. The van der Waals surface area contributed by atoms with Crippen LogP contribution in [0.2, 0.25) is 0 Å². The van der Waals surface area contributed by atoms with Crippen molar-refractivity contribution in [1.82, 2.24) is 19.6 Å². The number of rotatable bonds is 3. The molecule has 0 radical (unpaired) electrons. The van der Waals surface area contributed by atoms with E-state index < -0.39 is 0 Å². The van der Waals surface area contributed by atoms with Gasteiger partial charge in [-0.15, -0.1) is 0 Å². The molecule has 0 aliphatic carbocycles. The summed E-state index contributed by atoms with van der Waals surface area (Å²) in [5.74, 6) is 0. The molecule has 2 N–H and O–H groups in total. The topological polar surface area (TPSA) is 61.7 Å². The normalized spacial score (nSPS) is 10.9. The molecule has 5 nitrogen and oxygen atoms in total. The number of aromatic nitrogens is 4. The Labute approximate surface area is 88.5 Å². The summed E-state index contributed by atoms with van der Waals surface area (Å²) in [5.41, 5.74) is 8.96. The summed E-state index contributed by atoms with van der Waals surface area (Å²) in [7, 11) is 1.91. The van der Waals surface area contributed by atoms with E-state index in [1.54, 1.807) is 4.68 Å². The maximum absolute atomic E-state index is 5.59. The highest BCUT2D eigenvalue weighted by molar-refractivity contribution is 5.17. The first kappa shape index (κ1) is 9.92. The van der Waals surface area contributed by atoms with Crippen LogP contribution < -0.4 is 5.73 Å². The summed E-state index contributed by atoms with van der Waals surface area (Å²) in [4.78, 5) is 0. The highest BCUT2D eigenvalue weighted by Gasteiger charge is 2.05. The van der Waals surface area contributed by atoms with E-state index in [1.807, 2.05) is 37.2 Å². The molecule has 0 aromatic carbocycles. The predicted molar refractivity (Wildman–Crippen MR) is 57.2 cm³/mol. The molecular weight excluding hydrogens is 190 g/mol. The van der Waals surface area contributed by atoms with Crippen molar-refractivity contribution < 1.29 is 0 Å². The van der Waals surface area contributed by atoms with E-state index in [4.69, 9.17) is 5.73 Å². The minimum absolute atomic E-state index is 0.541. The van der Waals surface area contributed by atoms with E-state index in [2.05, 4.69) is 10.2 Å². The number of hydrogen-bond acceptors (Lipinski definition) is 3. The van der Waals surface area contributed by atoms with Crippen LogP contribution in [0.15, 0.2) is 18.6 Å². The van der Waals surface area contributed by atoms with Crippen LogP contribution in [0.4, 0.5) is 0 Å². The Kier molecular flexibility index (Phi) is 2.55. The van der Waals surface area contributed by atoms with Crippen LogP contribution in [0.3, 0.4) is 0 Å². The molecule has 0 aliphatic rings. The van der Waals surface area contributed by atoms with Gasteiger partial charge >= 0.3 is 0 Å². The predicted octanol–water partition coefficient (Wildman–Crippen LogP) is 0.432. The number of nitrogens with two attached hydrogens (primary N) is 1. The van der Waals surface area contributed by atoms with Gasteiger partial charge in [-0.05, 0) is 6.92 Å². The Morgan fingerprint density at radius 2 is 2.13 bits per heavy atom. The number of hydrogen-bond donors (Lipinski definition) is 1. The van der Waals surface area contributed by atoms with Gasteiger partial charge in [0.2, 0.25) is 0 Å². The fourth-order valence-electron chi connectivity index (χ4n) is 1.57. The fraction of sp³-hybridized carbons (Fsp3) is 0.400. The second-order valence-corrected chi connectivity index (χ2v) is 3.64. The summed E-state index contributed by atoms with van der Waals surface area (Å²) in [6.07, 6.45) is 5.66. The third-order valence-corrected chi connectivity index (χ3v) is 2.52. The van der Waals surface area contributed by atoms with Crippen molar-refractivity contribution in [3.63, 3.8) is 0 Å². The lowest BCUT2D eigenvalue weighted by Crippen LogP contribution is -2.05. The van der Waals surface area contributed by atoms with E-state index in [-0.39, 0.29) is 0 Å². The molecule has 5 heteroatoms. The lowest BCUT2D eigenvalue weighted by Gasteiger charge is -2.02. The molecule has 0 unspecified atom stereocenters. The molecule has 0 bridgehead atoms. The summed E-state index contributed by atoms with van der Waals surface area (Å²) in [5, 5.41) is 8.41. The molecule has 80 valence electrons. The Balaban J connectivity index is 2.21. The van der Waals surface area contributed by atoms with Crippen LogP contribution in [0.25, 0.3) is 0 Å². The van der Waals surface area contributed by atoms with Crippen LogP contribution in [-0.4, -0.2) is 19.6 Å². The van der Waals surface area contributed by atoms with Gasteiger partial charge in [0.15, 0.2) is 0 Å². The highest BCUT2D eigenvalue weighted by atomic mass is 15.3. The van der Waals surface area contributed by atoms with E-state index in [0.29, 0.717) is 6.54 Å². The summed E-state index contributed by atoms with van der Waals surface area (Å²) in [6, 6.07) is 0. The molecule has 2 heterocycles. The third kappa shape index (κ3) is 1.92. The van der Waals surface area contributed by atoms with Crippen LogP contribution in [0.1, 0.15) is 16.8 Å². The summed E-state index contributed by atoms with van der Waals surface area (Å²) >= 11 is 0. The molecule has 0 amide bonds. The lowest BCUT2D eigenvalue weighted by atomic mass is 10.2. The molecule has 0 spiro atoms. The number of aryl methyl sites for hydroxylation is 1. The zero-order valence-electron chi connectivity index (χ0n) is 9.01. The van der Waals surface area contributed by atoms with E-state index >= 15 is 0 Å². The second-order valence-electron chi connectivity index (χ2n) is 3.64. The van der Waals surface area contributed by atoms with Gasteiger partial charge in [0.05, 0.1) is 18.9 Å². The Bertz CT molecular complexity index is 454. The maximum Gasteiger partial charge on any atom is 0.0693 e. The molecule has 15 heavy (non-hydrogen) atoms. The quantitative estimate of drug-likeness (QED) is 0.790. The fourth-order valence-corrected chi connectivity index (χ4v) is 1.57. The van der Waals surface area contributed by atoms with Crippen LogP contribution in [-0.2, 0) is 20.1 Å². The molecule has 0 fully saturated rings. The van der Waals surface area contributed by atoms with E-state index in [1.165, 1.54) is 0 Å². The molecule has 0 saturated heterocycles. The minimum atomic E-state index is 0.541. The van der Waals surface area contributed by atoms with Crippen molar-refractivity contribution >= 4 is 0 Å². The van der Waals surface area contributed by atoms with Crippen molar-refractivity contribution in [3.8, 4) is 0 Å². The second kappa shape index (κ2) is 3.86. The Hall–Kier alpha value is -1.62. The zero-order chi connectivity index (χ0) is 10.8. The van der Waals surface area contributed by atoms with Gasteiger partial charge in [-0.3, -0.25) is 9.36 Å². The van der Waals surface area contributed by atoms with Crippen molar-refractivity contribution in [1.29, 1.82) is 0 Å². The average Bonchev–Trinajstić information content (AvgIpc) is 2.76. The standard InChI is InChI=1S/C10H15N5/c1-8-10(3-11)5-13-15(8)7-9-4-12-14(2)6-9/h4-6H,3,7,11H2,1-2H3. The van der Waals surface area contributed by atoms with E-state index in [9.17, 15) is 0 Å². The molecule has 0 aliphatic heterocycles. The first-order valence-electron chi connectivity index (χ1n) is 4.89. The summed E-state index contributed by atoms with van der Waals surface area (Å²) in [6.45, 7) is 3.32.